The highest BCUT2D eigenvalue weighted by atomic mass is 16.6. The summed E-state index contributed by atoms with van der Waals surface area (Å²) in [5.74, 6) is -0.164. The lowest BCUT2D eigenvalue weighted by molar-refractivity contribution is -0.163. The largest absolute Gasteiger partial charge is 0.433 e. The topological polar surface area (TPSA) is 46.5 Å². The van der Waals surface area contributed by atoms with Crippen molar-refractivity contribution in [2.45, 2.75) is 40.4 Å². The molecule has 0 spiro atoms. The molecular weight excluding hydrogens is 168 g/mol. The van der Waals surface area contributed by atoms with Crippen molar-refractivity contribution in [3.8, 4) is 0 Å². The minimum atomic E-state index is -0.983. The first-order valence-electron chi connectivity index (χ1n) is 4.45. The summed E-state index contributed by atoms with van der Waals surface area (Å²) >= 11 is 0. The molecule has 0 heterocycles. The van der Waals surface area contributed by atoms with Gasteiger partial charge in [0, 0.05) is 12.5 Å². The SMILES string of the molecule is CC(C)=CC(=O)OC(O)CC(C)C. The average molecular weight is 186 g/mol. The number of ether oxygens (including phenoxy) is 1. The van der Waals surface area contributed by atoms with Crippen LogP contribution < -0.4 is 0 Å². The maximum Gasteiger partial charge on any atom is 0.332 e. The van der Waals surface area contributed by atoms with Gasteiger partial charge in [0.25, 0.3) is 0 Å². The summed E-state index contributed by atoms with van der Waals surface area (Å²) in [6.45, 7) is 7.52. The van der Waals surface area contributed by atoms with E-state index >= 15 is 0 Å². The van der Waals surface area contributed by atoms with Crippen molar-refractivity contribution >= 4 is 5.97 Å². The third kappa shape index (κ3) is 7.53. The van der Waals surface area contributed by atoms with Gasteiger partial charge in [-0.15, -0.1) is 0 Å². The molecule has 0 radical (unpaired) electrons. The van der Waals surface area contributed by atoms with Crippen molar-refractivity contribution in [3.05, 3.63) is 11.6 Å². The van der Waals surface area contributed by atoms with E-state index in [1.54, 1.807) is 13.8 Å². The quantitative estimate of drug-likeness (QED) is 0.414. The number of carbonyl (C=O) groups excluding carboxylic acids is 1. The Hall–Kier alpha value is -0.830. The zero-order valence-corrected chi connectivity index (χ0v) is 8.70. The molecule has 0 aromatic rings. The van der Waals surface area contributed by atoms with Gasteiger partial charge in [-0.3, -0.25) is 0 Å². The number of hydrogen-bond acceptors (Lipinski definition) is 3. The lowest BCUT2D eigenvalue weighted by Gasteiger charge is -2.12. The third-order valence-corrected chi connectivity index (χ3v) is 1.33. The Labute approximate surface area is 79.4 Å². The Morgan fingerprint density at radius 2 is 2.00 bits per heavy atom. The van der Waals surface area contributed by atoms with E-state index < -0.39 is 12.3 Å². The summed E-state index contributed by atoms with van der Waals surface area (Å²) in [6, 6.07) is 0. The number of carbonyl (C=O) groups is 1. The minimum absolute atomic E-state index is 0.314. The molecule has 1 unspecified atom stereocenters. The van der Waals surface area contributed by atoms with Crippen molar-refractivity contribution in [1.82, 2.24) is 0 Å². The minimum Gasteiger partial charge on any atom is -0.433 e. The van der Waals surface area contributed by atoms with Gasteiger partial charge in [0.15, 0.2) is 0 Å². The van der Waals surface area contributed by atoms with Crippen LogP contribution in [0.4, 0.5) is 0 Å². The number of aliphatic hydroxyl groups excluding tert-OH is 1. The molecule has 0 aliphatic carbocycles. The van der Waals surface area contributed by atoms with Crippen LogP contribution in [0.25, 0.3) is 0 Å². The predicted octanol–water partition coefficient (Wildman–Crippen LogP) is 1.86. The van der Waals surface area contributed by atoms with Crippen LogP contribution in [0.1, 0.15) is 34.1 Å². The Morgan fingerprint density at radius 1 is 1.46 bits per heavy atom. The van der Waals surface area contributed by atoms with E-state index in [9.17, 15) is 9.90 Å². The number of rotatable bonds is 4. The highest BCUT2D eigenvalue weighted by molar-refractivity contribution is 5.82. The van der Waals surface area contributed by atoms with E-state index in [0.717, 1.165) is 5.57 Å². The zero-order chi connectivity index (χ0) is 10.4. The first-order chi connectivity index (χ1) is 5.91. The summed E-state index contributed by atoms with van der Waals surface area (Å²) in [6.07, 6.45) is 0.856. The van der Waals surface area contributed by atoms with E-state index in [1.165, 1.54) is 6.08 Å². The molecule has 0 saturated heterocycles. The summed E-state index contributed by atoms with van der Waals surface area (Å²) in [7, 11) is 0. The molecule has 0 rings (SSSR count). The van der Waals surface area contributed by atoms with Gasteiger partial charge >= 0.3 is 5.97 Å². The molecule has 0 aliphatic rings. The molecule has 0 bridgehead atoms. The fourth-order valence-electron chi connectivity index (χ4n) is 0.855. The van der Waals surface area contributed by atoms with Crippen molar-refractivity contribution in [2.24, 2.45) is 5.92 Å². The van der Waals surface area contributed by atoms with Gasteiger partial charge in [0.05, 0.1) is 0 Å². The predicted molar refractivity (Wildman–Crippen MR) is 51.0 cm³/mol. The molecule has 0 aliphatic heterocycles. The van der Waals surface area contributed by atoms with Crippen LogP contribution >= 0.6 is 0 Å². The molecule has 0 amide bonds. The van der Waals surface area contributed by atoms with Gasteiger partial charge in [-0.25, -0.2) is 4.79 Å². The van der Waals surface area contributed by atoms with Crippen LogP contribution in [0.15, 0.2) is 11.6 Å². The van der Waals surface area contributed by atoms with Crippen LogP contribution in [0.3, 0.4) is 0 Å². The molecular formula is C10H18O3. The van der Waals surface area contributed by atoms with Crippen LogP contribution in [-0.2, 0) is 9.53 Å². The smallest absolute Gasteiger partial charge is 0.332 e. The maximum atomic E-state index is 11.0. The van der Waals surface area contributed by atoms with Gasteiger partial charge in [0.1, 0.15) is 0 Å². The van der Waals surface area contributed by atoms with Crippen LogP contribution in [-0.4, -0.2) is 17.4 Å². The van der Waals surface area contributed by atoms with Gasteiger partial charge in [0.2, 0.25) is 6.29 Å². The van der Waals surface area contributed by atoms with Crippen molar-refractivity contribution in [2.75, 3.05) is 0 Å². The molecule has 0 aromatic heterocycles. The average Bonchev–Trinajstić information content (AvgIpc) is 1.80. The van der Waals surface area contributed by atoms with Gasteiger partial charge in [-0.1, -0.05) is 19.4 Å². The number of allylic oxidation sites excluding steroid dienone is 1. The van der Waals surface area contributed by atoms with E-state index in [2.05, 4.69) is 0 Å². The monoisotopic (exact) mass is 186 g/mol. The lowest BCUT2D eigenvalue weighted by Crippen LogP contribution is -2.18. The molecule has 0 saturated carbocycles. The molecule has 76 valence electrons. The second-order valence-electron chi connectivity index (χ2n) is 3.74. The third-order valence-electron chi connectivity index (χ3n) is 1.33. The highest BCUT2D eigenvalue weighted by Crippen LogP contribution is 2.06. The maximum absolute atomic E-state index is 11.0. The first-order valence-corrected chi connectivity index (χ1v) is 4.45. The molecule has 0 fully saturated rings. The summed E-state index contributed by atoms with van der Waals surface area (Å²) in [5.41, 5.74) is 0.863. The van der Waals surface area contributed by atoms with Gasteiger partial charge < -0.3 is 9.84 Å². The van der Waals surface area contributed by atoms with Crippen molar-refractivity contribution < 1.29 is 14.6 Å². The van der Waals surface area contributed by atoms with E-state index in [0.29, 0.717) is 12.3 Å². The fourth-order valence-corrected chi connectivity index (χ4v) is 0.855. The number of aliphatic hydroxyl groups is 1. The molecule has 3 nitrogen and oxygen atoms in total. The molecule has 1 N–H and O–H groups in total. The molecule has 3 heteroatoms. The Morgan fingerprint density at radius 3 is 2.38 bits per heavy atom. The van der Waals surface area contributed by atoms with Crippen LogP contribution in [0.2, 0.25) is 0 Å². The molecule has 0 aromatic carbocycles. The standard InChI is InChI=1S/C10H18O3/c1-7(2)5-9(11)13-10(12)6-8(3)4/h5,8,10,12H,6H2,1-4H3. The van der Waals surface area contributed by atoms with E-state index in [1.807, 2.05) is 13.8 Å². The van der Waals surface area contributed by atoms with Crippen LogP contribution in [0.5, 0.6) is 0 Å². The summed E-state index contributed by atoms with van der Waals surface area (Å²) < 4.78 is 4.71. The zero-order valence-electron chi connectivity index (χ0n) is 8.70. The molecule has 13 heavy (non-hydrogen) atoms. The first kappa shape index (κ1) is 12.2. The Bertz CT molecular complexity index is 190. The van der Waals surface area contributed by atoms with E-state index in [-0.39, 0.29) is 0 Å². The summed E-state index contributed by atoms with van der Waals surface area (Å²) in [4.78, 5) is 11.0. The molecule has 1 atom stereocenters. The van der Waals surface area contributed by atoms with E-state index in [4.69, 9.17) is 4.74 Å². The summed E-state index contributed by atoms with van der Waals surface area (Å²) in [5, 5.41) is 9.23. The van der Waals surface area contributed by atoms with Crippen LogP contribution in [0, 0.1) is 5.92 Å². The number of esters is 1. The second kappa shape index (κ2) is 5.75. The number of hydrogen-bond donors (Lipinski definition) is 1. The van der Waals surface area contributed by atoms with Gasteiger partial charge in [-0.2, -0.15) is 0 Å². The lowest BCUT2D eigenvalue weighted by atomic mass is 10.1. The Kier molecular flexibility index (Phi) is 5.39. The fraction of sp³-hybridized carbons (Fsp3) is 0.700. The van der Waals surface area contributed by atoms with Crippen molar-refractivity contribution in [3.63, 3.8) is 0 Å². The normalized spacial score (nSPS) is 12.5. The Balaban J connectivity index is 3.85. The van der Waals surface area contributed by atoms with Gasteiger partial charge in [-0.05, 0) is 19.8 Å². The van der Waals surface area contributed by atoms with Crippen molar-refractivity contribution in [1.29, 1.82) is 0 Å². The second-order valence-corrected chi connectivity index (χ2v) is 3.74. The highest BCUT2D eigenvalue weighted by Gasteiger charge is 2.10.